The van der Waals surface area contributed by atoms with Crippen molar-refractivity contribution in [3.63, 3.8) is 0 Å². The van der Waals surface area contributed by atoms with E-state index >= 15 is 0 Å². The van der Waals surface area contributed by atoms with E-state index in [2.05, 4.69) is 13.8 Å². The molecule has 1 nitrogen and oxygen atoms in total. The summed E-state index contributed by atoms with van der Waals surface area (Å²) in [6, 6.07) is 0. The van der Waals surface area contributed by atoms with Gasteiger partial charge >= 0.3 is 21.7 Å². The SMILES string of the molecule is CC(C)CC[O-].[Cl-].[Cl-].[Ti+3]. The van der Waals surface area contributed by atoms with Gasteiger partial charge in [0.05, 0.1) is 0 Å². The number of hydrogen-bond acceptors (Lipinski definition) is 1. The maximum atomic E-state index is 9.74. The van der Waals surface area contributed by atoms with Gasteiger partial charge in [0.2, 0.25) is 0 Å². The van der Waals surface area contributed by atoms with Gasteiger partial charge in [0.25, 0.3) is 0 Å². The first-order valence-electron chi connectivity index (χ1n) is 2.35. The molecule has 1 radical (unpaired) electrons. The fourth-order valence-electron chi connectivity index (χ4n) is 0.236. The van der Waals surface area contributed by atoms with Gasteiger partial charge in [-0.3, -0.25) is 0 Å². The molecule has 9 heavy (non-hydrogen) atoms. The number of hydrogen-bond donors (Lipinski definition) is 0. The Labute approximate surface area is 84.3 Å². The van der Waals surface area contributed by atoms with Crippen LogP contribution in [0.2, 0.25) is 0 Å². The Morgan fingerprint density at radius 3 is 1.56 bits per heavy atom. The van der Waals surface area contributed by atoms with Crippen LogP contribution in [0.1, 0.15) is 20.3 Å². The molecule has 0 N–H and O–H groups in total. The molecule has 4 heteroatoms. The van der Waals surface area contributed by atoms with Crippen LogP contribution in [0.5, 0.6) is 0 Å². The molecule has 0 aliphatic heterocycles. The van der Waals surface area contributed by atoms with Gasteiger partial charge in [-0.2, -0.15) is 0 Å². The van der Waals surface area contributed by atoms with Gasteiger partial charge in [-0.25, -0.2) is 0 Å². The molecular formula is C5H11Cl2OTi. The van der Waals surface area contributed by atoms with E-state index in [-0.39, 0.29) is 53.1 Å². The molecule has 0 aromatic carbocycles. The Morgan fingerprint density at radius 2 is 1.56 bits per heavy atom. The van der Waals surface area contributed by atoms with E-state index in [1.54, 1.807) is 0 Å². The topological polar surface area (TPSA) is 23.1 Å². The molecule has 0 rings (SSSR count). The largest absolute Gasteiger partial charge is 3.00 e. The maximum absolute atomic E-state index is 9.74. The van der Waals surface area contributed by atoms with Gasteiger partial charge in [0.15, 0.2) is 0 Å². The Hall–Kier alpha value is 1.25. The third-order valence-corrected chi connectivity index (χ3v) is 0.695. The van der Waals surface area contributed by atoms with Gasteiger partial charge < -0.3 is 29.9 Å². The standard InChI is InChI=1S/C5H11O.2ClH.Ti/c1-5(2)3-4-6;;;/h5H,3-4H2,1-2H3;2*1H;/q-1;;;+3/p-2. The van der Waals surface area contributed by atoms with Gasteiger partial charge in [0.1, 0.15) is 0 Å². The van der Waals surface area contributed by atoms with Crippen LogP contribution in [-0.4, -0.2) is 6.61 Å². The first-order chi connectivity index (χ1) is 2.77. The maximum Gasteiger partial charge on any atom is 3.00 e. The van der Waals surface area contributed by atoms with Gasteiger partial charge in [-0.15, -0.1) is 6.61 Å². The molecule has 0 heterocycles. The van der Waals surface area contributed by atoms with Crippen molar-refractivity contribution in [2.45, 2.75) is 20.3 Å². The summed E-state index contributed by atoms with van der Waals surface area (Å²) in [4.78, 5) is 0. The van der Waals surface area contributed by atoms with Crippen molar-refractivity contribution in [3.8, 4) is 0 Å². The zero-order chi connectivity index (χ0) is 4.99. The molecule has 0 spiro atoms. The van der Waals surface area contributed by atoms with Gasteiger partial charge in [-0.1, -0.05) is 20.3 Å². The molecule has 0 amide bonds. The van der Waals surface area contributed by atoms with Crippen LogP contribution in [-0.2, 0) is 21.7 Å². The van der Waals surface area contributed by atoms with Gasteiger partial charge in [-0.05, 0) is 5.92 Å². The minimum absolute atomic E-state index is 0. The van der Waals surface area contributed by atoms with Crippen molar-refractivity contribution in [1.82, 2.24) is 0 Å². The second kappa shape index (κ2) is 16.1. The van der Waals surface area contributed by atoms with E-state index in [4.69, 9.17) is 0 Å². The van der Waals surface area contributed by atoms with E-state index < -0.39 is 0 Å². The molecule has 0 aliphatic carbocycles. The summed E-state index contributed by atoms with van der Waals surface area (Å²) in [7, 11) is 0. The van der Waals surface area contributed by atoms with Crippen molar-refractivity contribution in [2.24, 2.45) is 5.92 Å². The van der Waals surface area contributed by atoms with Crippen LogP contribution < -0.4 is 29.9 Å². The summed E-state index contributed by atoms with van der Waals surface area (Å²) in [5.41, 5.74) is 0. The normalized spacial score (nSPS) is 6.67. The average Bonchev–Trinajstić information content (AvgIpc) is 1.35. The quantitative estimate of drug-likeness (QED) is 0.413. The van der Waals surface area contributed by atoms with Crippen LogP contribution >= 0.6 is 0 Å². The summed E-state index contributed by atoms with van der Waals surface area (Å²) < 4.78 is 0. The monoisotopic (exact) mass is 205 g/mol. The third-order valence-electron chi connectivity index (χ3n) is 0.695. The molecule has 0 aromatic heterocycles. The summed E-state index contributed by atoms with van der Waals surface area (Å²) in [5, 5.41) is 9.74. The molecular weight excluding hydrogens is 195 g/mol. The fourth-order valence-corrected chi connectivity index (χ4v) is 0.236. The van der Waals surface area contributed by atoms with Crippen LogP contribution in [0.25, 0.3) is 0 Å². The molecule has 55 valence electrons. The Bertz CT molecular complexity index is 36.1. The predicted octanol–water partition coefficient (Wildman–Crippen LogP) is -5.60. The molecule has 0 aromatic rings. The van der Waals surface area contributed by atoms with Crippen LogP contribution in [0.3, 0.4) is 0 Å². The van der Waals surface area contributed by atoms with Crippen molar-refractivity contribution >= 4 is 0 Å². The smallest absolute Gasteiger partial charge is 1.00 e. The summed E-state index contributed by atoms with van der Waals surface area (Å²) in [5.74, 6) is 0.586. The van der Waals surface area contributed by atoms with Crippen molar-refractivity contribution in [2.75, 3.05) is 6.61 Å². The van der Waals surface area contributed by atoms with Gasteiger partial charge in [0, 0.05) is 0 Å². The second-order valence-electron chi connectivity index (χ2n) is 1.89. The van der Waals surface area contributed by atoms with Crippen molar-refractivity contribution in [3.05, 3.63) is 0 Å². The molecule has 0 saturated heterocycles. The Morgan fingerprint density at radius 1 is 1.22 bits per heavy atom. The Balaban J connectivity index is -0.0000000417. The van der Waals surface area contributed by atoms with E-state index in [1.165, 1.54) is 0 Å². The molecule has 0 aliphatic rings. The minimum atomic E-state index is 0. The summed E-state index contributed by atoms with van der Waals surface area (Å²) in [6.07, 6.45) is 0.819. The molecule has 0 bridgehead atoms. The predicted molar refractivity (Wildman–Crippen MR) is 24.3 cm³/mol. The second-order valence-corrected chi connectivity index (χ2v) is 1.89. The van der Waals surface area contributed by atoms with E-state index in [1.807, 2.05) is 0 Å². The van der Waals surface area contributed by atoms with E-state index in [0.29, 0.717) is 5.92 Å². The first-order valence-corrected chi connectivity index (χ1v) is 2.35. The zero-order valence-corrected chi connectivity index (χ0v) is 8.73. The number of rotatable bonds is 2. The van der Waals surface area contributed by atoms with Crippen molar-refractivity contribution in [1.29, 1.82) is 0 Å². The van der Waals surface area contributed by atoms with Crippen LogP contribution in [0, 0.1) is 5.92 Å². The van der Waals surface area contributed by atoms with Crippen LogP contribution in [0.15, 0.2) is 0 Å². The average molecular weight is 206 g/mol. The summed E-state index contributed by atoms with van der Waals surface area (Å²) >= 11 is 0. The molecule has 0 atom stereocenters. The number of halogens is 2. The van der Waals surface area contributed by atoms with E-state index in [9.17, 15) is 5.11 Å². The Kier molecular flexibility index (Phi) is 40.2. The summed E-state index contributed by atoms with van der Waals surface area (Å²) in [6.45, 7) is 4.19. The molecule has 0 saturated carbocycles. The third kappa shape index (κ3) is 26.9. The molecule has 0 fully saturated rings. The van der Waals surface area contributed by atoms with Crippen molar-refractivity contribution < 1.29 is 51.6 Å². The molecule has 0 unspecified atom stereocenters. The zero-order valence-electron chi connectivity index (χ0n) is 5.66. The van der Waals surface area contributed by atoms with Crippen LogP contribution in [0.4, 0.5) is 0 Å². The van der Waals surface area contributed by atoms with E-state index in [0.717, 1.165) is 6.42 Å². The fraction of sp³-hybridized carbons (Fsp3) is 1.00. The minimum Gasteiger partial charge on any atom is -1.00 e. The first kappa shape index (κ1) is 22.5.